The molecule has 0 N–H and O–H groups in total. The van der Waals surface area contributed by atoms with Gasteiger partial charge >= 0.3 is 0 Å². The van der Waals surface area contributed by atoms with Crippen LogP contribution >= 0.6 is 0 Å². The molecule has 0 saturated heterocycles. The summed E-state index contributed by atoms with van der Waals surface area (Å²) in [5.41, 5.74) is 4.34. The van der Waals surface area contributed by atoms with Crippen molar-refractivity contribution in [2.75, 3.05) is 0 Å². The molecule has 0 atom stereocenters. The van der Waals surface area contributed by atoms with Crippen LogP contribution in [-0.4, -0.2) is 5.78 Å². The molecule has 3 aromatic rings. The van der Waals surface area contributed by atoms with Crippen molar-refractivity contribution in [1.82, 2.24) is 0 Å². The number of aryl methyl sites for hydroxylation is 1. The molecular formula is C22H20NO+. The Hall–Kier alpha value is -3.00. The van der Waals surface area contributed by atoms with Gasteiger partial charge in [0.1, 0.15) is 0 Å². The summed E-state index contributed by atoms with van der Waals surface area (Å²) in [5.74, 6) is 0.0102. The third kappa shape index (κ3) is 4.26. The normalized spacial score (nSPS) is 10.9. The van der Waals surface area contributed by atoms with Crippen molar-refractivity contribution in [2.24, 2.45) is 0 Å². The highest BCUT2D eigenvalue weighted by molar-refractivity contribution is 6.05. The lowest BCUT2D eigenvalue weighted by Crippen LogP contribution is -2.25. The summed E-state index contributed by atoms with van der Waals surface area (Å²) in [6.45, 7) is 2.01. The highest BCUT2D eigenvalue weighted by atomic mass is 16.1. The first-order chi connectivity index (χ1) is 11.7. The quantitative estimate of drug-likeness (QED) is 0.392. The van der Waals surface area contributed by atoms with Gasteiger partial charge in [-0.1, -0.05) is 60.2 Å². The van der Waals surface area contributed by atoms with Gasteiger partial charge in [-0.15, -0.1) is 0 Å². The first-order valence-corrected chi connectivity index (χ1v) is 8.03. The average Bonchev–Trinajstić information content (AvgIpc) is 2.61. The van der Waals surface area contributed by atoms with Gasteiger partial charge in [0, 0.05) is 23.6 Å². The van der Waals surface area contributed by atoms with E-state index in [1.54, 1.807) is 12.3 Å². The third-order valence-electron chi connectivity index (χ3n) is 3.87. The molecule has 2 heteroatoms. The van der Waals surface area contributed by atoms with E-state index in [-0.39, 0.29) is 5.78 Å². The first-order valence-electron chi connectivity index (χ1n) is 8.03. The Bertz CT molecular complexity index is 849. The second-order valence-corrected chi connectivity index (χ2v) is 5.87. The number of ketones is 1. The number of allylic oxidation sites excluding steroid dienone is 1. The number of pyridine rings is 1. The summed E-state index contributed by atoms with van der Waals surface area (Å²) in [6.07, 6.45) is 8.27. The van der Waals surface area contributed by atoms with Gasteiger partial charge in [0.15, 0.2) is 24.4 Å². The van der Waals surface area contributed by atoms with Crippen molar-refractivity contribution < 1.29 is 9.36 Å². The Balaban J connectivity index is 1.72. The van der Waals surface area contributed by atoms with Crippen LogP contribution in [0.25, 0.3) is 6.20 Å². The number of nitrogens with zero attached hydrogens (tertiary/aromatic N) is 1. The molecular weight excluding hydrogens is 294 g/mol. The zero-order valence-electron chi connectivity index (χ0n) is 13.7. The van der Waals surface area contributed by atoms with Crippen molar-refractivity contribution >= 4 is 12.0 Å². The maximum absolute atomic E-state index is 12.2. The van der Waals surface area contributed by atoms with Gasteiger partial charge in [-0.2, -0.15) is 4.57 Å². The molecule has 0 aliphatic heterocycles. The van der Waals surface area contributed by atoms with Crippen LogP contribution < -0.4 is 4.57 Å². The van der Waals surface area contributed by atoms with Gasteiger partial charge in [-0.3, -0.25) is 4.79 Å². The van der Waals surface area contributed by atoms with Crippen molar-refractivity contribution in [3.63, 3.8) is 0 Å². The topological polar surface area (TPSA) is 20.9 Å². The molecule has 3 rings (SSSR count). The van der Waals surface area contributed by atoms with E-state index in [1.165, 1.54) is 11.1 Å². The molecule has 0 fully saturated rings. The van der Waals surface area contributed by atoms with Crippen molar-refractivity contribution in [3.8, 4) is 0 Å². The monoisotopic (exact) mass is 314 g/mol. The number of benzene rings is 2. The average molecular weight is 314 g/mol. The van der Waals surface area contributed by atoms with E-state index in [2.05, 4.69) is 18.2 Å². The van der Waals surface area contributed by atoms with Crippen LogP contribution in [0.2, 0.25) is 0 Å². The molecule has 0 amide bonds. The van der Waals surface area contributed by atoms with E-state index in [0.717, 1.165) is 12.0 Å². The SMILES string of the molecule is Cc1ccc(C(=O)/C=C\[n+]2cccc(Cc3ccccc3)c2)cc1. The zero-order chi connectivity index (χ0) is 16.8. The smallest absolute Gasteiger partial charge is 0.191 e. The molecule has 0 aliphatic carbocycles. The van der Waals surface area contributed by atoms with Crippen LogP contribution in [0.15, 0.2) is 85.2 Å². The fourth-order valence-corrected chi connectivity index (χ4v) is 2.54. The molecule has 2 nitrogen and oxygen atoms in total. The summed E-state index contributed by atoms with van der Waals surface area (Å²) < 4.78 is 1.92. The minimum Gasteiger partial charge on any atom is -0.289 e. The molecule has 1 heterocycles. The molecule has 0 unspecified atom stereocenters. The molecule has 0 bridgehead atoms. The predicted octanol–water partition coefficient (Wildman–Crippen LogP) is 4.23. The standard InChI is InChI=1S/C22H20NO/c1-18-9-11-21(12-10-18)22(24)13-15-23-14-5-8-20(17-23)16-19-6-3-2-4-7-19/h2-15,17H,16H2,1H3/q+1/b15-13-. The summed E-state index contributed by atoms with van der Waals surface area (Å²) in [6, 6.07) is 22.1. The van der Waals surface area contributed by atoms with Gasteiger partial charge in [-0.05, 0) is 18.6 Å². The zero-order valence-corrected chi connectivity index (χ0v) is 13.7. The molecule has 24 heavy (non-hydrogen) atoms. The second-order valence-electron chi connectivity index (χ2n) is 5.87. The lowest BCUT2D eigenvalue weighted by molar-refractivity contribution is -0.568. The molecule has 0 radical (unpaired) electrons. The number of carbonyl (C=O) groups excluding carboxylic acids is 1. The number of aromatic nitrogens is 1. The number of rotatable bonds is 5. The van der Waals surface area contributed by atoms with E-state index >= 15 is 0 Å². The molecule has 0 saturated carbocycles. The van der Waals surface area contributed by atoms with E-state index in [4.69, 9.17) is 0 Å². The highest BCUT2D eigenvalue weighted by Crippen LogP contribution is 2.07. The Morgan fingerprint density at radius 3 is 2.38 bits per heavy atom. The maximum Gasteiger partial charge on any atom is 0.191 e. The van der Waals surface area contributed by atoms with Gasteiger partial charge in [0.25, 0.3) is 0 Å². The summed E-state index contributed by atoms with van der Waals surface area (Å²) >= 11 is 0. The number of carbonyl (C=O) groups is 1. The van der Waals surface area contributed by atoms with Crippen LogP contribution in [0.4, 0.5) is 0 Å². The van der Waals surface area contributed by atoms with Gasteiger partial charge in [-0.25, -0.2) is 0 Å². The Kier molecular flexibility index (Phi) is 4.97. The van der Waals surface area contributed by atoms with Crippen LogP contribution in [0.1, 0.15) is 27.0 Å². The van der Waals surface area contributed by atoms with E-state index in [0.29, 0.717) is 5.56 Å². The van der Waals surface area contributed by atoms with E-state index in [1.807, 2.05) is 72.4 Å². The Morgan fingerprint density at radius 2 is 1.62 bits per heavy atom. The predicted molar refractivity (Wildman–Crippen MR) is 96.7 cm³/mol. The summed E-state index contributed by atoms with van der Waals surface area (Å²) in [7, 11) is 0. The fraction of sp³-hybridized carbons (Fsp3) is 0.0909. The van der Waals surface area contributed by atoms with Crippen LogP contribution in [0.5, 0.6) is 0 Å². The lowest BCUT2D eigenvalue weighted by Gasteiger charge is -1.99. The fourth-order valence-electron chi connectivity index (χ4n) is 2.54. The molecule has 0 aliphatic rings. The molecule has 0 spiro atoms. The minimum atomic E-state index is 0.0102. The molecule has 118 valence electrons. The largest absolute Gasteiger partial charge is 0.289 e. The number of hydrogen-bond acceptors (Lipinski definition) is 1. The number of hydrogen-bond donors (Lipinski definition) is 0. The molecule has 1 aromatic heterocycles. The van der Waals surface area contributed by atoms with E-state index < -0.39 is 0 Å². The van der Waals surface area contributed by atoms with Gasteiger partial charge < -0.3 is 0 Å². The maximum atomic E-state index is 12.2. The summed E-state index contributed by atoms with van der Waals surface area (Å²) in [4.78, 5) is 12.2. The highest BCUT2D eigenvalue weighted by Gasteiger charge is 2.04. The second kappa shape index (κ2) is 7.51. The van der Waals surface area contributed by atoms with Crippen molar-refractivity contribution in [1.29, 1.82) is 0 Å². The van der Waals surface area contributed by atoms with Crippen LogP contribution in [0, 0.1) is 6.92 Å². The lowest BCUT2D eigenvalue weighted by atomic mass is 10.1. The Morgan fingerprint density at radius 1 is 0.917 bits per heavy atom. The van der Waals surface area contributed by atoms with Crippen LogP contribution in [-0.2, 0) is 6.42 Å². The van der Waals surface area contributed by atoms with Crippen LogP contribution in [0.3, 0.4) is 0 Å². The molecule has 2 aromatic carbocycles. The van der Waals surface area contributed by atoms with Gasteiger partial charge in [0.05, 0.1) is 6.08 Å². The minimum absolute atomic E-state index is 0.0102. The third-order valence-corrected chi connectivity index (χ3v) is 3.87. The Labute approximate surface area is 142 Å². The first kappa shape index (κ1) is 15.9. The van der Waals surface area contributed by atoms with Gasteiger partial charge in [0.2, 0.25) is 0 Å². The van der Waals surface area contributed by atoms with Crippen molar-refractivity contribution in [2.45, 2.75) is 13.3 Å². The van der Waals surface area contributed by atoms with E-state index in [9.17, 15) is 4.79 Å². The van der Waals surface area contributed by atoms with Crippen molar-refractivity contribution in [3.05, 3.63) is 107 Å². The summed E-state index contributed by atoms with van der Waals surface area (Å²) in [5, 5.41) is 0.